The minimum atomic E-state index is -0.944. The molecule has 0 unspecified atom stereocenters. The molecule has 0 atom stereocenters. The maximum Gasteiger partial charge on any atom is 0.333 e. The molecule has 19 heavy (non-hydrogen) atoms. The van der Waals surface area contributed by atoms with Crippen molar-refractivity contribution in [3.05, 3.63) is 23.8 Å². The largest absolute Gasteiger partial charge is 0.478 e. The van der Waals surface area contributed by atoms with Gasteiger partial charge in [0, 0.05) is 11.1 Å². The van der Waals surface area contributed by atoms with Crippen molar-refractivity contribution in [2.75, 3.05) is 13.2 Å². The molecule has 0 rings (SSSR count). The fraction of sp³-hybridized carbons (Fsp3) is 0.462. The lowest BCUT2D eigenvalue weighted by Gasteiger charge is -1.96. The second-order valence-corrected chi connectivity index (χ2v) is 3.45. The fourth-order valence-electron chi connectivity index (χ4n) is 0.733. The third kappa shape index (κ3) is 13.7. The zero-order valence-electron chi connectivity index (χ0n) is 11.4. The minimum absolute atomic E-state index is 0.270. The Balaban J connectivity index is 0. The maximum atomic E-state index is 10.4. The van der Waals surface area contributed by atoms with Crippen LogP contribution in [0.3, 0.4) is 0 Å². The van der Waals surface area contributed by atoms with Crippen LogP contribution in [0.4, 0.5) is 0 Å². The average Bonchev–Trinajstić information content (AvgIpc) is 2.35. The van der Waals surface area contributed by atoms with Gasteiger partial charge < -0.3 is 9.84 Å². The highest BCUT2D eigenvalue weighted by atomic mass is 16.5. The van der Waals surface area contributed by atoms with Crippen LogP contribution in [0.1, 0.15) is 27.2 Å². The number of esters is 1. The number of hydrogen-bond donors (Lipinski definition) is 1. The van der Waals surface area contributed by atoms with Crippen LogP contribution < -0.4 is 0 Å². The molecule has 0 aliphatic rings. The Morgan fingerprint density at radius 3 is 2.32 bits per heavy atom. The topological polar surface area (TPSA) is 93.0 Å². The lowest BCUT2D eigenvalue weighted by atomic mass is 10.2. The lowest BCUT2D eigenvalue weighted by molar-refractivity contribution is -0.138. The molecule has 0 saturated carbocycles. The summed E-state index contributed by atoms with van der Waals surface area (Å²) >= 11 is 0. The van der Waals surface area contributed by atoms with Gasteiger partial charge in [0.25, 0.3) is 0 Å². The van der Waals surface area contributed by atoms with Gasteiger partial charge in [-0.15, -0.1) is 0 Å². The molecular formula is C13H19NO5. The Kier molecular flexibility index (Phi) is 12.4. The summed E-state index contributed by atoms with van der Waals surface area (Å²) in [4.78, 5) is 33.4. The van der Waals surface area contributed by atoms with E-state index in [0.29, 0.717) is 25.1 Å². The van der Waals surface area contributed by atoms with Crippen LogP contribution in [0, 0.1) is 0 Å². The molecule has 6 nitrogen and oxygen atoms in total. The summed E-state index contributed by atoms with van der Waals surface area (Å²) in [6.45, 7) is 9.00. The summed E-state index contributed by atoms with van der Waals surface area (Å²) in [5.74, 6) is -1.26. The standard InChI is InChI=1S/C7H9NO3.C6H10O2/c1-6(7(10)11)3-2-4-8-5-9;1-4-8-6(7)5(2)3/h3H,2,4H2,1H3,(H,10,11);2,4H2,1,3H3. The molecule has 0 aromatic carbocycles. The summed E-state index contributed by atoms with van der Waals surface area (Å²) in [5.41, 5.74) is 0.720. The number of isocyanates is 1. The number of aliphatic imine (C=N–C) groups is 1. The van der Waals surface area contributed by atoms with Crippen LogP contribution in [0.15, 0.2) is 28.8 Å². The molecule has 0 amide bonds. The number of ether oxygens (including phenoxy) is 1. The van der Waals surface area contributed by atoms with E-state index in [1.807, 2.05) is 0 Å². The first-order valence-electron chi connectivity index (χ1n) is 5.63. The molecule has 0 aliphatic heterocycles. The van der Waals surface area contributed by atoms with Crippen LogP contribution in [0.5, 0.6) is 0 Å². The van der Waals surface area contributed by atoms with E-state index in [1.54, 1.807) is 13.8 Å². The van der Waals surface area contributed by atoms with E-state index in [1.165, 1.54) is 19.1 Å². The van der Waals surface area contributed by atoms with Gasteiger partial charge in [0.1, 0.15) is 0 Å². The number of hydrogen-bond acceptors (Lipinski definition) is 5. The number of carbonyl (C=O) groups excluding carboxylic acids is 2. The summed E-state index contributed by atoms with van der Waals surface area (Å²) in [6.07, 6.45) is 3.35. The normalized spacial score (nSPS) is 9.53. The van der Waals surface area contributed by atoms with E-state index in [-0.39, 0.29) is 11.5 Å². The summed E-state index contributed by atoms with van der Waals surface area (Å²) in [6, 6.07) is 0. The van der Waals surface area contributed by atoms with Gasteiger partial charge in [-0.2, -0.15) is 0 Å². The van der Waals surface area contributed by atoms with E-state index in [4.69, 9.17) is 5.11 Å². The first-order chi connectivity index (χ1) is 8.86. The number of carboxylic acid groups (broad SMARTS) is 1. The Morgan fingerprint density at radius 2 is 2.00 bits per heavy atom. The van der Waals surface area contributed by atoms with Crippen molar-refractivity contribution in [2.24, 2.45) is 4.99 Å². The molecule has 0 heterocycles. The Morgan fingerprint density at radius 1 is 1.42 bits per heavy atom. The highest BCUT2D eigenvalue weighted by molar-refractivity contribution is 5.86. The highest BCUT2D eigenvalue weighted by Crippen LogP contribution is 1.94. The monoisotopic (exact) mass is 269 g/mol. The summed E-state index contributed by atoms with van der Waals surface area (Å²) < 4.78 is 4.56. The van der Waals surface area contributed by atoms with Crippen molar-refractivity contribution in [1.82, 2.24) is 0 Å². The number of carboxylic acids is 1. The van der Waals surface area contributed by atoms with Gasteiger partial charge in [0.15, 0.2) is 0 Å². The molecule has 0 aliphatic carbocycles. The van der Waals surface area contributed by atoms with E-state index in [0.717, 1.165) is 0 Å². The molecule has 106 valence electrons. The van der Waals surface area contributed by atoms with E-state index < -0.39 is 5.97 Å². The first-order valence-corrected chi connectivity index (χ1v) is 5.63. The zero-order valence-corrected chi connectivity index (χ0v) is 11.4. The number of carbonyl (C=O) groups is 2. The number of rotatable bonds is 6. The van der Waals surface area contributed by atoms with Crippen molar-refractivity contribution >= 4 is 18.0 Å². The van der Waals surface area contributed by atoms with Crippen LogP contribution in [0.2, 0.25) is 0 Å². The zero-order chi connectivity index (χ0) is 15.3. The third-order valence-corrected chi connectivity index (χ3v) is 1.72. The van der Waals surface area contributed by atoms with Gasteiger partial charge >= 0.3 is 11.9 Å². The molecule has 0 aromatic rings. The smallest absolute Gasteiger partial charge is 0.333 e. The summed E-state index contributed by atoms with van der Waals surface area (Å²) in [5, 5.41) is 8.36. The van der Waals surface area contributed by atoms with Gasteiger partial charge in [0.2, 0.25) is 6.08 Å². The van der Waals surface area contributed by atoms with E-state index in [2.05, 4.69) is 16.3 Å². The van der Waals surface area contributed by atoms with E-state index >= 15 is 0 Å². The minimum Gasteiger partial charge on any atom is -0.478 e. The van der Waals surface area contributed by atoms with Gasteiger partial charge in [-0.25, -0.2) is 19.4 Å². The molecule has 0 spiro atoms. The molecule has 0 aromatic heterocycles. The quantitative estimate of drug-likeness (QED) is 0.261. The second-order valence-electron chi connectivity index (χ2n) is 3.45. The Hall–Kier alpha value is -2.20. The van der Waals surface area contributed by atoms with Crippen molar-refractivity contribution in [3.8, 4) is 0 Å². The average molecular weight is 269 g/mol. The number of nitrogens with zero attached hydrogens (tertiary/aromatic N) is 1. The predicted molar refractivity (Wildman–Crippen MR) is 70.4 cm³/mol. The van der Waals surface area contributed by atoms with Crippen LogP contribution >= 0.6 is 0 Å². The maximum absolute atomic E-state index is 10.4. The van der Waals surface area contributed by atoms with Gasteiger partial charge in [-0.3, -0.25) is 0 Å². The van der Waals surface area contributed by atoms with E-state index in [9.17, 15) is 14.4 Å². The van der Waals surface area contributed by atoms with Crippen LogP contribution in [-0.2, 0) is 19.1 Å². The Labute approximate surface area is 112 Å². The predicted octanol–water partition coefficient (Wildman–Crippen LogP) is 1.87. The fourth-order valence-corrected chi connectivity index (χ4v) is 0.733. The summed E-state index contributed by atoms with van der Waals surface area (Å²) in [7, 11) is 0. The van der Waals surface area contributed by atoms with Gasteiger partial charge in [0.05, 0.1) is 13.2 Å². The van der Waals surface area contributed by atoms with Gasteiger partial charge in [-0.05, 0) is 27.2 Å². The highest BCUT2D eigenvalue weighted by Gasteiger charge is 1.98. The SMILES string of the molecule is C=C(C)C(=O)OCC.CC(=CCCN=C=O)C(=O)O. The second kappa shape index (κ2) is 12.3. The van der Waals surface area contributed by atoms with Crippen molar-refractivity contribution in [3.63, 3.8) is 0 Å². The van der Waals surface area contributed by atoms with Crippen LogP contribution in [-0.4, -0.2) is 36.3 Å². The molecule has 1 N–H and O–H groups in total. The third-order valence-electron chi connectivity index (χ3n) is 1.72. The van der Waals surface area contributed by atoms with Crippen LogP contribution in [0.25, 0.3) is 0 Å². The number of aliphatic carboxylic acids is 1. The molecule has 0 saturated heterocycles. The van der Waals surface area contributed by atoms with Crippen molar-refractivity contribution in [2.45, 2.75) is 27.2 Å². The Bertz CT molecular complexity index is 392. The van der Waals surface area contributed by atoms with Crippen molar-refractivity contribution in [1.29, 1.82) is 0 Å². The van der Waals surface area contributed by atoms with Gasteiger partial charge in [-0.1, -0.05) is 12.7 Å². The molecule has 0 fully saturated rings. The molecular weight excluding hydrogens is 250 g/mol. The molecule has 0 bridgehead atoms. The first kappa shape index (κ1) is 19.1. The molecule has 6 heteroatoms. The lowest BCUT2D eigenvalue weighted by Crippen LogP contribution is -2.03. The molecule has 0 radical (unpaired) electrons. The van der Waals surface area contributed by atoms with Crippen molar-refractivity contribution < 1.29 is 24.2 Å².